The van der Waals surface area contributed by atoms with Crippen LogP contribution in [0.5, 0.6) is 0 Å². The Hall–Kier alpha value is -2.60. The molecule has 130 valence electrons. The molecule has 0 amide bonds. The molecule has 3 heterocycles. The summed E-state index contributed by atoms with van der Waals surface area (Å²) in [6, 6.07) is 8.52. The quantitative estimate of drug-likeness (QED) is 0.724. The summed E-state index contributed by atoms with van der Waals surface area (Å²) in [4.78, 5) is 8.41. The molecule has 4 rings (SSSR count). The van der Waals surface area contributed by atoms with Gasteiger partial charge in [-0.1, -0.05) is 24.3 Å². The molecule has 0 spiro atoms. The number of ether oxygens (including phenoxy) is 1. The zero-order chi connectivity index (χ0) is 17.1. The van der Waals surface area contributed by atoms with Gasteiger partial charge in [-0.3, -0.25) is 0 Å². The summed E-state index contributed by atoms with van der Waals surface area (Å²) in [5.74, 6) is 1.22. The highest BCUT2D eigenvalue weighted by Gasteiger charge is 2.22. The second-order valence-corrected chi connectivity index (χ2v) is 6.53. The molecule has 0 bridgehead atoms. The van der Waals surface area contributed by atoms with Crippen molar-refractivity contribution in [2.24, 2.45) is 5.92 Å². The lowest BCUT2D eigenvalue weighted by Gasteiger charge is -2.28. The Morgan fingerprint density at radius 1 is 1.12 bits per heavy atom. The van der Waals surface area contributed by atoms with Crippen LogP contribution in [-0.4, -0.2) is 37.7 Å². The van der Waals surface area contributed by atoms with Gasteiger partial charge < -0.3 is 14.5 Å². The zero-order valence-corrected chi connectivity index (χ0v) is 14.0. The molecule has 0 radical (unpaired) electrons. The maximum atomic E-state index is 9.78. The Labute approximate surface area is 146 Å². The van der Waals surface area contributed by atoms with Gasteiger partial charge in [-0.15, -0.1) is 0 Å². The summed E-state index contributed by atoms with van der Waals surface area (Å²) in [6.45, 7) is 1.72. The second kappa shape index (κ2) is 7.11. The number of rotatable bonds is 5. The molecule has 0 saturated carbocycles. The van der Waals surface area contributed by atoms with Gasteiger partial charge in [-0.2, -0.15) is 4.73 Å². The lowest BCUT2D eigenvalue weighted by atomic mass is 9.89. The minimum absolute atomic E-state index is 0.258. The van der Waals surface area contributed by atoms with Crippen LogP contribution in [0, 0.1) is 5.92 Å². The van der Waals surface area contributed by atoms with Gasteiger partial charge in [0.1, 0.15) is 0 Å². The van der Waals surface area contributed by atoms with Crippen molar-refractivity contribution < 1.29 is 9.94 Å². The van der Waals surface area contributed by atoms with Crippen LogP contribution in [0.3, 0.4) is 0 Å². The summed E-state index contributed by atoms with van der Waals surface area (Å²) in [5, 5.41) is 9.78. The van der Waals surface area contributed by atoms with E-state index in [-0.39, 0.29) is 6.04 Å². The molecule has 1 fully saturated rings. The van der Waals surface area contributed by atoms with Crippen molar-refractivity contribution in [3.63, 3.8) is 0 Å². The number of aromatic nitrogens is 4. The zero-order valence-electron chi connectivity index (χ0n) is 14.0. The van der Waals surface area contributed by atoms with E-state index in [1.54, 1.807) is 6.20 Å². The number of hydrogen-bond acceptors (Lipinski definition) is 4. The minimum Gasteiger partial charge on any atom is -0.427 e. The van der Waals surface area contributed by atoms with Crippen LogP contribution in [0.2, 0.25) is 0 Å². The molecular formula is C19H22N4O2. The molecule has 2 aromatic heterocycles. The normalized spacial score (nSPS) is 16.8. The largest absolute Gasteiger partial charge is 0.427 e. The molecule has 1 aliphatic heterocycles. The fraction of sp³-hybridized carbons (Fsp3) is 0.368. The number of nitrogens with zero attached hydrogens (tertiary/aromatic N) is 4. The van der Waals surface area contributed by atoms with Gasteiger partial charge in [-0.25, -0.2) is 9.97 Å². The van der Waals surface area contributed by atoms with Gasteiger partial charge in [0.25, 0.3) is 0 Å². The van der Waals surface area contributed by atoms with E-state index in [1.807, 2.05) is 30.9 Å². The highest BCUT2D eigenvalue weighted by Crippen LogP contribution is 2.31. The molecule has 1 aromatic carbocycles. The van der Waals surface area contributed by atoms with Gasteiger partial charge in [-0.05, 0) is 30.7 Å². The van der Waals surface area contributed by atoms with Gasteiger partial charge >= 0.3 is 0 Å². The first kappa shape index (κ1) is 15.9. The van der Waals surface area contributed by atoms with Gasteiger partial charge in [0.05, 0.1) is 18.6 Å². The average Bonchev–Trinajstić information content (AvgIpc) is 3.33. The van der Waals surface area contributed by atoms with Crippen molar-refractivity contribution in [3.05, 3.63) is 60.9 Å². The maximum absolute atomic E-state index is 9.78. The molecule has 0 aliphatic carbocycles. The molecule has 1 saturated heterocycles. The average molecular weight is 338 g/mol. The summed E-state index contributed by atoms with van der Waals surface area (Å²) in [5.41, 5.74) is 2.14. The third-order valence-corrected chi connectivity index (χ3v) is 4.96. The second-order valence-electron chi connectivity index (χ2n) is 6.53. The Kier molecular flexibility index (Phi) is 4.52. The third-order valence-electron chi connectivity index (χ3n) is 4.96. The van der Waals surface area contributed by atoms with Crippen molar-refractivity contribution in [1.82, 2.24) is 19.3 Å². The van der Waals surface area contributed by atoms with Crippen LogP contribution in [0.1, 0.15) is 30.9 Å². The van der Waals surface area contributed by atoms with Gasteiger partial charge in [0, 0.05) is 37.4 Å². The molecule has 6 heteroatoms. The Morgan fingerprint density at radius 3 is 2.56 bits per heavy atom. The van der Waals surface area contributed by atoms with Crippen molar-refractivity contribution in [2.45, 2.75) is 25.3 Å². The van der Waals surface area contributed by atoms with E-state index in [0.717, 1.165) is 42.8 Å². The molecule has 1 N–H and O–H groups in total. The van der Waals surface area contributed by atoms with Crippen LogP contribution >= 0.6 is 0 Å². The van der Waals surface area contributed by atoms with E-state index in [9.17, 15) is 5.21 Å². The molecule has 1 unspecified atom stereocenters. The van der Waals surface area contributed by atoms with Crippen molar-refractivity contribution in [3.8, 4) is 11.4 Å². The first-order chi connectivity index (χ1) is 12.3. The molecule has 1 aliphatic rings. The fourth-order valence-corrected chi connectivity index (χ4v) is 3.54. The lowest BCUT2D eigenvalue weighted by Crippen LogP contribution is -2.20. The van der Waals surface area contributed by atoms with Crippen LogP contribution < -0.4 is 0 Å². The minimum atomic E-state index is 0.258. The van der Waals surface area contributed by atoms with Gasteiger partial charge in [0.15, 0.2) is 5.82 Å². The van der Waals surface area contributed by atoms with Crippen molar-refractivity contribution in [1.29, 1.82) is 0 Å². The Morgan fingerprint density at radius 2 is 1.92 bits per heavy atom. The summed E-state index contributed by atoms with van der Waals surface area (Å²) >= 11 is 0. The first-order valence-electron chi connectivity index (χ1n) is 8.69. The topological polar surface area (TPSA) is 65.1 Å². The van der Waals surface area contributed by atoms with Gasteiger partial charge in [0.2, 0.25) is 0 Å². The standard InChI is InChI=1S/C19H22N4O2/c24-23-10-8-21-19(23)17-3-1-16(2-4-17)18(22-9-7-20-14-22)13-15-5-11-25-12-6-15/h1-4,7-10,14-15,18,24H,5-6,11-13H2. The molecular weight excluding hydrogens is 316 g/mol. The lowest BCUT2D eigenvalue weighted by molar-refractivity contribution is 0.0607. The Bertz CT molecular complexity index is 789. The smallest absolute Gasteiger partial charge is 0.175 e. The van der Waals surface area contributed by atoms with Crippen LogP contribution in [0.15, 0.2) is 55.4 Å². The monoisotopic (exact) mass is 338 g/mol. The first-order valence-corrected chi connectivity index (χ1v) is 8.69. The van der Waals surface area contributed by atoms with Crippen LogP contribution in [-0.2, 0) is 4.74 Å². The highest BCUT2D eigenvalue weighted by atomic mass is 16.5. The number of hydrogen-bond donors (Lipinski definition) is 1. The van der Waals surface area contributed by atoms with Crippen LogP contribution in [0.4, 0.5) is 0 Å². The van der Waals surface area contributed by atoms with Crippen molar-refractivity contribution >= 4 is 0 Å². The highest BCUT2D eigenvalue weighted by molar-refractivity contribution is 5.55. The molecule has 6 nitrogen and oxygen atoms in total. The maximum Gasteiger partial charge on any atom is 0.175 e. The van der Waals surface area contributed by atoms with E-state index in [0.29, 0.717) is 11.7 Å². The molecule has 25 heavy (non-hydrogen) atoms. The number of benzene rings is 1. The summed E-state index contributed by atoms with van der Waals surface area (Å²) < 4.78 is 8.72. The fourth-order valence-electron chi connectivity index (χ4n) is 3.54. The van der Waals surface area contributed by atoms with Crippen LogP contribution in [0.25, 0.3) is 11.4 Å². The number of imidazole rings is 2. The van der Waals surface area contributed by atoms with E-state index in [1.165, 1.54) is 11.8 Å². The third kappa shape index (κ3) is 3.44. The Balaban J connectivity index is 1.59. The van der Waals surface area contributed by atoms with E-state index in [4.69, 9.17) is 4.74 Å². The molecule has 1 atom stereocenters. The predicted octanol–water partition coefficient (Wildman–Crippen LogP) is 3.39. The van der Waals surface area contributed by atoms with E-state index >= 15 is 0 Å². The van der Waals surface area contributed by atoms with E-state index in [2.05, 4.69) is 26.7 Å². The molecule has 3 aromatic rings. The van der Waals surface area contributed by atoms with Crippen molar-refractivity contribution in [2.75, 3.05) is 13.2 Å². The van der Waals surface area contributed by atoms with E-state index < -0.39 is 0 Å². The summed E-state index contributed by atoms with van der Waals surface area (Å²) in [6.07, 6.45) is 12.2. The summed E-state index contributed by atoms with van der Waals surface area (Å²) in [7, 11) is 0. The SMILES string of the molecule is On1ccnc1-c1ccc(C(CC2CCOCC2)n2ccnc2)cc1. The predicted molar refractivity (Wildman–Crippen MR) is 93.4 cm³/mol.